The molecule has 0 radical (unpaired) electrons. The van der Waals surface area contributed by atoms with Gasteiger partial charge in [0.2, 0.25) is 5.95 Å². The highest BCUT2D eigenvalue weighted by Gasteiger charge is 2.15. The summed E-state index contributed by atoms with van der Waals surface area (Å²) in [6.45, 7) is 1.02. The number of anilines is 1. The number of hydrogen-bond acceptors (Lipinski definition) is 7. The molecule has 0 amide bonds. The second kappa shape index (κ2) is 5.48. The number of carbonyl (C=O) groups excluding carboxylic acids is 1. The summed E-state index contributed by atoms with van der Waals surface area (Å²) in [7, 11) is 2.77. The SMILES string of the molecule is COCCNc1nc2ncc(C(=O)OC)c(=O)n2[nH]1. The molecular weight excluding hydrogens is 254 g/mol. The molecule has 9 nitrogen and oxygen atoms in total. The molecular formula is C10H13N5O4. The van der Waals surface area contributed by atoms with Crippen molar-refractivity contribution < 1.29 is 14.3 Å². The van der Waals surface area contributed by atoms with Crippen molar-refractivity contribution in [3.63, 3.8) is 0 Å². The maximum atomic E-state index is 12.0. The fourth-order valence-electron chi connectivity index (χ4n) is 1.46. The molecule has 0 aliphatic rings. The van der Waals surface area contributed by atoms with Crippen LogP contribution >= 0.6 is 0 Å². The molecule has 19 heavy (non-hydrogen) atoms. The molecule has 0 aliphatic heterocycles. The number of carbonyl (C=O) groups is 1. The third-order valence-corrected chi connectivity index (χ3v) is 2.38. The van der Waals surface area contributed by atoms with Gasteiger partial charge in [0.15, 0.2) is 0 Å². The van der Waals surface area contributed by atoms with Gasteiger partial charge in [-0.3, -0.25) is 9.89 Å². The Morgan fingerprint density at radius 2 is 2.32 bits per heavy atom. The lowest BCUT2D eigenvalue weighted by atomic mass is 10.3. The molecule has 0 unspecified atom stereocenters. The van der Waals surface area contributed by atoms with Crippen LogP contribution in [0.4, 0.5) is 5.95 Å². The van der Waals surface area contributed by atoms with Gasteiger partial charge in [0.1, 0.15) is 5.56 Å². The van der Waals surface area contributed by atoms with Crippen molar-refractivity contribution in [1.82, 2.24) is 19.6 Å². The second-order valence-electron chi connectivity index (χ2n) is 3.60. The third kappa shape index (κ3) is 2.55. The summed E-state index contributed by atoms with van der Waals surface area (Å²) in [5, 5.41) is 5.62. The van der Waals surface area contributed by atoms with Crippen molar-refractivity contribution in [3.8, 4) is 0 Å². The highest BCUT2D eigenvalue weighted by molar-refractivity contribution is 5.88. The van der Waals surface area contributed by atoms with Gasteiger partial charge in [-0.25, -0.2) is 9.78 Å². The predicted molar refractivity (Wildman–Crippen MR) is 65.3 cm³/mol. The zero-order valence-corrected chi connectivity index (χ0v) is 10.5. The van der Waals surface area contributed by atoms with Crippen LogP contribution in [0.5, 0.6) is 0 Å². The van der Waals surface area contributed by atoms with Crippen LogP contribution in [0.15, 0.2) is 11.0 Å². The molecule has 0 atom stereocenters. The van der Waals surface area contributed by atoms with Crippen molar-refractivity contribution in [2.24, 2.45) is 0 Å². The van der Waals surface area contributed by atoms with E-state index in [-0.39, 0.29) is 11.3 Å². The molecule has 0 spiro atoms. The number of aromatic amines is 1. The number of rotatable bonds is 5. The van der Waals surface area contributed by atoms with E-state index >= 15 is 0 Å². The summed E-state index contributed by atoms with van der Waals surface area (Å²) >= 11 is 0. The van der Waals surface area contributed by atoms with E-state index in [1.54, 1.807) is 7.11 Å². The molecule has 0 bridgehead atoms. The van der Waals surface area contributed by atoms with E-state index in [0.717, 1.165) is 10.7 Å². The molecule has 0 saturated heterocycles. The van der Waals surface area contributed by atoms with Gasteiger partial charge in [-0.05, 0) is 0 Å². The van der Waals surface area contributed by atoms with Crippen LogP contribution in [0.1, 0.15) is 10.4 Å². The maximum Gasteiger partial charge on any atom is 0.345 e. The van der Waals surface area contributed by atoms with Crippen molar-refractivity contribution >= 4 is 17.7 Å². The minimum absolute atomic E-state index is 0.160. The van der Waals surface area contributed by atoms with Gasteiger partial charge in [0, 0.05) is 13.7 Å². The zero-order chi connectivity index (χ0) is 13.8. The Labute approximate surface area is 107 Å². The molecule has 9 heteroatoms. The maximum absolute atomic E-state index is 12.0. The van der Waals surface area contributed by atoms with Crippen LogP contribution < -0.4 is 10.9 Å². The first kappa shape index (κ1) is 13.0. The Balaban J connectivity index is 2.35. The van der Waals surface area contributed by atoms with E-state index in [2.05, 4.69) is 25.1 Å². The van der Waals surface area contributed by atoms with Crippen molar-refractivity contribution in [2.75, 3.05) is 32.7 Å². The fraction of sp³-hybridized carbons (Fsp3) is 0.400. The molecule has 2 aromatic rings. The molecule has 2 heterocycles. The predicted octanol–water partition coefficient (Wildman–Crippen LogP) is -0.737. The van der Waals surface area contributed by atoms with Crippen LogP contribution in [0.3, 0.4) is 0 Å². The molecule has 0 aliphatic carbocycles. The second-order valence-corrected chi connectivity index (χ2v) is 3.60. The van der Waals surface area contributed by atoms with E-state index in [0.29, 0.717) is 19.1 Å². The quantitative estimate of drug-likeness (QED) is 0.542. The Hall–Kier alpha value is -2.42. The summed E-state index contributed by atoms with van der Waals surface area (Å²) in [5.41, 5.74) is -0.726. The van der Waals surface area contributed by atoms with Crippen LogP contribution in [-0.4, -0.2) is 52.9 Å². The van der Waals surface area contributed by atoms with Crippen molar-refractivity contribution in [2.45, 2.75) is 0 Å². The van der Waals surface area contributed by atoms with E-state index < -0.39 is 11.5 Å². The molecule has 2 N–H and O–H groups in total. The lowest BCUT2D eigenvalue weighted by Crippen LogP contribution is -2.24. The number of fused-ring (bicyclic) bond motifs is 1. The third-order valence-electron chi connectivity index (χ3n) is 2.38. The van der Waals surface area contributed by atoms with Crippen LogP contribution in [0.25, 0.3) is 5.78 Å². The standard InChI is InChI=1S/C10H13N5O4/c1-18-4-3-11-9-13-10-12-5-6(8(17)19-2)7(16)15(10)14-9/h5H,3-4H2,1-2H3,(H2,11,12,13,14). The van der Waals surface area contributed by atoms with Crippen LogP contribution in [0.2, 0.25) is 0 Å². The summed E-state index contributed by atoms with van der Waals surface area (Å²) in [5.74, 6) is -0.211. The fourth-order valence-corrected chi connectivity index (χ4v) is 1.46. The van der Waals surface area contributed by atoms with E-state index in [4.69, 9.17) is 4.74 Å². The van der Waals surface area contributed by atoms with Gasteiger partial charge in [-0.15, -0.1) is 0 Å². The van der Waals surface area contributed by atoms with Crippen molar-refractivity contribution in [3.05, 3.63) is 22.1 Å². The number of methoxy groups -OCH3 is 2. The van der Waals surface area contributed by atoms with Crippen LogP contribution in [-0.2, 0) is 9.47 Å². The number of aromatic nitrogens is 4. The molecule has 0 saturated carbocycles. The number of H-pyrrole nitrogens is 1. The Morgan fingerprint density at radius 3 is 3.00 bits per heavy atom. The van der Waals surface area contributed by atoms with Crippen molar-refractivity contribution in [1.29, 1.82) is 0 Å². The van der Waals surface area contributed by atoms with Gasteiger partial charge >= 0.3 is 5.97 Å². The number of ether oxygens (including phenoxy) is 2. The Kier molecular flexibility index (Phi) is 3.76. The van der Waals surface area contributed by atoms with E-state index in [1.807, 2.05) is 0 Å². The monoisotopic (exact) mass is 267 g/mol. The molecule has 0 aromatic carbocycles. The van der Waals surface area contributed by atoms with E-state index in [1.165, 1.54) is 7.11 Å². The molecule has 0 fully saturated rings. The minimum Gasteiger partial charge on any atom is -0.465 e. The molecule has 2 aromatic heterocycles. The largest absolute Gasteiger partial charge is 0.465 e. The highest BCUT2D eigenvalue weighted by atomic mass is 16.5. The number of nitrogens with zero attached hydrogens (tertiary/aromatic N) is 3. The zero-order valence-electron chi connectivity index (χ0n) is 10.5. The average molecular weight is 267 g/mol. The van der Waals surface area contributed by atoms with Gasteiger partial charge in [-0.1, -0.05) is 0 Å². The lowest BCUT2D eigenvalue weighted by molar-refractivity contribution is 0.0598. The minimum atomic E-state index is -0.740. The lowest BCUT2D eigenvalue weighted by Gasteiger charge is -1.99. The normalized spacial score (nSPS) is 10.6. The van der Waals surface area contributed by atoms with Gasteiger partial charge in [0.05, 0.1) is 19.9 Å². The summed E-state index contributed by atoms with van der Waals surface area (Å²) in [4.78, 5) is 31.3. The van der Waals surface area contributed by atoms with E-state index in [9.17, 15) is 9.59 Å². The first-order chi connectivity index (χ1) is 9.17. The van der Waals surface area contributed by atoms with Gasteiger partial charge < -0.3 is 14.8 Å². The topological polar surface area (TPSA) is 111 Å². The Morgan fingerprint density at radius 1 is 1.53 bits per heavy atom. The average Bonchev–Trinajstić information content (AvgIpc) is 2.82. The number of esters is 1. The Bertz CT molecular complexity index is 647. The number of nitrogens with one attached hydrogen (secondary N) is 2. The molecule has 102 valence electrons. The summed E-state index contributed by atoms with van der Waals surface area (Å²) in [6.07, 6.45) is 1.14. The smallest absolute Gasteiger partial charge is 0.345 e. The highest BCUT2D eigenvalue weighted by Crippen LogP contribution is 2.01. The van der Waals surface area contributed by atoms with Gasteiger partial charge in [-0.2, -0.15) is 9.50 Å². The first-order valence-electron chi connectivity index (χ1n) is 5.46. The van der Waals surface area contributed by atoms with Gasteiger partial charge in [0.25, 0.3) is 11.3 Å². The first-order valence-corrected chi connectivity index (χ1v) is 5.46. The summed E-state index contributed by atoms with van der Waals surface area (Å²) in [6, 6.07) is 0. The number of hydrogen-bond donors (Lipinski definition) is 2. The molecule has 2 rings (SSSR count). The van der Waals surface area contributed by atoms with Crippen LogP contribution in [0, 0.1) is 0 Å². The summed E-state index contributed by atoms with van der Waals surface area (Å²) < 4.78 is 10.4.